The van der Waals surface area contributed by atoms with Crippen LogP contribution >= 0.6 is 0 Å². The maximum atomic E-state index is 6.73. The number of allylic oxidation sites excluding steroid dienone is 1. The number of fused-ring (bicyclic) bond motifs is 13. The molecular weight excluding hydrogens is 677 g/mol. The van der Waals surface area contributed by atoms with Gasteiger partial charge in [0.15, 0.2) is 0 Å². The van der Waals surface area contributed by atoms with Crippen LogP contribution in [0, 0.1) is 0 Å². The van der Waals surface area contributed by atoms with Crippen molar-refractivity contribution in [1.29, 1.82) is 0 Å². The molecule has 1 aromatic heterocycles. The highest BCUT2D eigenvalue weighted by Gasteiger charge is 2.40. The van der Waals surface area contributed by atoms with Gasteiger partial charge >= 0.3 is 0 Å². The van der Waals surface area contributed by atoms with Crippen molar-refractivity contribution in [2.24, 2.45) is 0 Å². The van der Waals surface area contributed by atoms with Gasteiger partial charge in [0.1, 0.15) is 11.3 Å². The molecule has 12 rings (SSSR count). The minimum atomic E-state index is -0.173. The highest BCUT2D eigenvalue weighted by molar-refractivity contribution is 6.18. The quantitative estimate of drug-likeness (QED) is 0.177. The molecule has 9 aromatic rings. The molecule has 0 unspecified atom stereocenters. The largest absolute Gasteiger partial charge is 0.456 e. The van der Waals surface area contributed by atoms with Gasteiger partial charge in [-0.25, -0.2) is 0 Å². The molecule has 3 aliphatic carbocycles. The minimum Gasteiger partial charge on any atom is -0.456 e. The second kappa shape index (κ2) is 11.8. The Morgan fingerprint density at radius 3 is 1.82 bits per heavy atom. The smallest absolute Gasteiger partial charge is 0.143 e. The van der Waals surface area contributed by atoms with E-state index in [-0.39, 0.29) is 5.41 Å². The monoisotopic (exact) mass is 716 g/mol. The lowest BCUT2D eigenvalue weighted by molar-refractivity contribution is 0.598. The number of rotatable bonds is 3. The maximum Gasteiger partial charge on any atom is 0.143 e. The molecule has 0 atom stereocenters. The van der Waals surface area contributed by atoms with Crippen LogP contribution in [0.2, 0.25) is 0 Å². The molecule has 0 aliphatic heterocycles. The zero-order valence-corrected chi connectivity index (χ0v) is 31.7. The molecule has 8 aromatic carbocycles. The average molecular weight is 717 g/mol. The first kappa shape index (κ1) is 31.9. The van der Waals surface area contributed by atoms with Crippen molar-refractivity contribution in [2.45, 2.75) is 44.9 Å². The van der Waals surface area contributed by atoms with Crippen LogP contribution in [0.1, 0.15) is 55.6 Å². The molecule has 0 fully saturated rings. The summed E-state index contributed by atoms with van der Waals surface area (Å²) < 4.78 is 6.73. The molecule has 0 N–H and O–H groups in total. The summed E-state index contributed by atoms with van der Waals surface area (Å²) in [7, 11) is 0. The van der Waals surface area contributed by atoms with Crippen molar-refractivity contribution < 1.29 is 4.42 Å². The van der Waals surface area contributed by atoms with Crippen LogP contribution in [0.25, 0.3) is 106 Å². The van der Waals surface area contributed by atoms with Crippen molar-refractivity contribution in [1.82, 2.24) is 0 Å². The third kappa shape index (κ3) is 4.43. The van der Waals surface area contributed by atoms with E-state index in [2.05, 4.69) is 172 Å². The molecule has 1 heterocycles. The van der Waals surface area contributed by atoms with E-state index in [0.717, 1.165) is 37.0 Å². The van der Waals surface area contributed by atoms with Crippen LogP contribution < -0.4 is 10.4 Å². The van der Waals surface area contributed by atoms with Gasteiger partial charge in [0.25, 0.3) is 0 Å². The van der Waals surface area contributed by atoms with Crippen molar-refractivity contribution >= 4 is 61.5 Å². The molecule has 0 spiro atoms. The second-order valence-electron chi connectivity index (χ2n) is 16.5. The predicted molar refractivity (Wildman–Crippen MR) is 237 cm³/mol. The lowest BCUT2D eigenvalue weighted by Crippen LogP contribution is -2.31. The molecule has 56 heavy (non-hydrogen) atoms. The molecule has 0 saturated heterocycles. The van der Waals surface area contributed by atoms with Gasteiger partial charge in [0, 0.05) is 21.8 Å². The Morgan fingerprint density at radius 1 is 0.518 bits per heavy atom. The van der Waals surface area contributed by atoms with Gasteiger partial charge < -0.3 is 4.42 Å². The normalized spacial score (nSPS) is 15.0. The maximum absolute atomic E-state index is 6.73. The average Bonchev–Trinajstić information content (AvgIpc) is 3.74. The Bertz CT molecular complexity index is 3320. The molecule has 0 bridgehead atoms. The van der Waals surface area contributed by atoms with E-state index in [0.29, 0.717) is 0 Å². The second-order valence-corrected chi connectivity index (χ2v) is 16.5. The van der Waals surface area contributed by atoms with Crippen LogP contribution in [0.3, 0.4) is 0 Å². The van der Waals surface area contributed by atoms with Gasteiger partial charge in [0.2, 0.25) is 0 Å². The fourth-order valence-electron chi connectivity index (χ4n) is 10.6. The van der Waals surface area contributed by atoms with E-state index in [4.69, 9.17) is 4.42 Å². The Hall–Kier alpha value is -6.44. The standard InChI is InChI=1S/C55H40O/c1-55(2)47-29-28-38(32-46(47)51-43-20-10-11-21-44(43)54-52(53(51)55)45-22-12-13-23-48(45)56-54)50-41-18-8-6-16-39(41)49(40-17-7-9-19-42(40)50)37-27-26-35-30-34(24-25-36(35)31-37)33-14-4-3-5-15-33/h3-6,8,10-11,13-21,23-32H,7,9,12,22H2,1-2H3. The number of hydrogen-bond acceptors (Lipinski definition) is 1. The molecule has 0 saturated carbocycles. The fourth-order valence-corrected chi connectivity index (χ4v) is 10.6. The highest BCUT2D eigenvalue weighted by atomic mass is 16.3. The SMILES string of the molecule is CC1(C)c2ccc(-c3c4c(c(-c5ccc6cc(-c7ccccc7)ccc6c5)c5ccccc35)=CCCC=4)cc2-c2c1c1c3c(oc1c1ccccc21)C=CCC3. The number of benzene rings is 8. The van der Waals surface area contributed by atoms with Crippen molar-refractivity contribution in [3.63, 3.8) is 0 Å². The van der Waals surface area contributed by atoms with Crippen molar-refractivity contribution in [3.8, 4) is 44.5 Å². The summed E-state index contributed by atoms with van der Waals surface area (Å²) in [5.74, 6) is 1.03. The lowest BCUT2D eigenvalue weighted by Gasteiger charge is -2.23. The van der Waals surface area contributed by atoms with Gasteiger partial charge in [-0.05, 0) is 143 Å². The first-order chi connectivity index (χ1) is 27.5. The van der Waals surface area contributed by atoms with Crippen LogP contribution in [0.4, 0.5) is 0 Å². The Morgan fingerprint density at radius 2 is 1.11 bits per heavy atom. The summed E-state index contributed by atoms with van der Waals surface area (Å²) in [5.41, 5.74) is 15.5. The van der Waals surface area contributed by atoms with Gasteiger partial charge in [-0.3, -0.25) is 0 Å². The molecule has 0 radical (unpaired) electrons. The lowest BCUT2D eigenvalue weighted by atomic mass is 9.78. The van der Waals surface area contributed by atoms with E-state index in [1.165, 1.54) is 109 Å². The van der Waals surface area contributed by atoms with Gasteiger partial charge in [-0.2, -0.15) is 0 Å². The number of hydrogen-bond donors (Lipinski definition) is 0. The first-order valence-corrected chi connectivity index (χ1v) is 20.2. The summed E-state index contributed by atoms with van der Waals surface area (Å²) >= 11 is 0. The topological polar surface area (TPSA) is 13.1 Å². The van der Waals surface area contributed by atoms with Gasteiger partial charge in [0.05, 0.1) is 0 Å². The van der Waals surface area contributed by atoms with Gasteiger partial charge in [-0.15, -0.1) is 0 Å². The van der Waals surface area contributed by atoms with Crippen molar-refractivity contribution in [3.05, 3.63) is 172 Å². The van der Waals surface area contributed by atoms with E-state index in [9.17, 15) is 0 Å². The van der Waals surface area contributed by atoms with Crippen LogP contribution in [-0.4, -0.2) is 0 Å². The molecule has 3 aliphatic rings. The Kier molecular flexibility index (Phi) is 6.70. The highest BCUT2D eigenvalue weighted by Crippen LogP contribution is 2.57. The molecular formula is C55H40O. The van der Waals surface area contributed by atoms with E-state index < -0.39 is 0 Å². The first-order valence-electron chi connectivity index (χ1n) is 20.2. The molecule has 0 amide bonds. The summed E-state index contributed by atoms with van der Waals surface area (Å²) in [6.45, 7) is 4.84. The molecule has 1 nitrogen and oxygen atoms in total. The number of furan rings is 1. The Balaban J connectivity index is 1.09. The molecule has 266 valence electrons. The third-order valence-corrected chi connectivity index (χ3v) is 13.1. The summed E-state index contributed by atoms with van der Waals surface area (Å²) in [4.78, 5) is 0. The Labute approximate surface area is 326 Å². The third-order valence-electron chi connectivity index (χ3n) is 13.1. The summed E-state index contributed by atoms with van der Waals surface area (Å²) in [5, 5.41) is 11.7. The van der Waals surface area contributed by atoms with Crippen LogP contribution in [0.15, 0.2) is 144 Å². The predicted octanol–water partition coefficient (Wildman–Crippen LogP) is 13.5. The zero-order chi connectivity index (χ0) is 37.1. The van der Waals surface area contributed by atoms with E-state index in [1.807, 2.05) is 0 Å². The van der Waals surface area contributed by atoms with Crippen LogP contribution in [0.5, 0.6) is 0 Å². The van der Waals surface area contributed by atoms with Gasteiger partial charge in [-0.1, -0.05) is 147 Å². The summed E-state index contributed by atoms with van der Waals surface area (Å²) in [6.07, 6.45) is 13.6. The fraction of sp³-hybridized carbons (Fsp3) is 0.127. The number of aryl methyl sites for hydroxylation is 1. The van der Waals surface area contributed by atoms with E-state index >= 15 is 0 Å². The van der Waals surface area contributed by atoms with Crippen LogP contribution in [-0.2, 0) is 11.8 Å². The summed E-state index contributed by atoms with van der Waals surface area (Å²) in [6, 6.07) is 50.0. The zero-order valence-electron chi connectivity index (χ0n) is 31.7. The molecule has 1 heteroatoms. The van der Waals surface area contributed by atoms with E-state index in [1.54, 1.807) is 0 Å². The minimum absolute atomic E-state index is 0.173. The van der Waals surface area contributed by atoms with Crippen molar-refractivity contribution in [2.75, 3.05) is 0 Å².